The first-order valence-corrected chi connectivity index (χ1v) is 19.3. The summed E-state index contributed by atoms with van der Waals surface area (Å²) in [6.45, 7) is 11.8. The number of carbonyl (C=O) groups excluding carboxylic acids is 5. The van der Waals surface area contributed by atoms with Crippen LogP contribution in [0.4, 0.5) is 4.79 Å². The van der Waals surface area contributed by atoms with Crippen molar-refractivity contribution in [2.45, 2.75) is 128 Å². The van der Waals surface area contributed by atoms with Crippen molar-refractivity contribution in [2.75, 3.05) is 6.61 Å². The lowest BCUT2D eigenvalue weighted by molar-refractivity contribution is -0.346. The smallest absolute Gasteiger partial charge is 0.408 e. The number of benzene rings is 2. The van der Waals surface area contributed by atoms with E-state index >= 15 is 0 Å². The molecule has 15 nitrogen and oxygen atoms in total. The Morgan fingerprint density at radius 3 is 2.10 bits per heavy atom. The third-order valence-electron chi connectivity index (χ3n) is 12.6. The molecule has 0 unspecified atom stereocenters. The van der Waals surface area contributed by atoms with Crippen LogP contribution in [0.25, 0.3) is 0 Å². The summed E-state index contributed by atoms with van der Waals surface area (Å²) < 4.78 is 29.5. The van der Waals surface area contributed by atoms with Gasteiger partial charge in [-0.1, -0.05) is 62.4 Å². The van der Waals surface area contributed by atoms with E-state index in [1.807, 2.05) is 0 Å². The molecule has 0 radical (unpaired) electrons. The van der Waals surface area contributed by atoms with Crippen molar-refractivity contribution in [3.05, 3.63) is 82.9 Å². The molecule has 2 saturated carbocycles. The van der Waals surface area contributed by atoms with Crippen molar-refractivity contribution in [2.24, 2.45) is 16.7 Å². The van der Waals surface area contributed by atoms with Gasteiger partial charge in [0.25, 0.3) is 0 Å². The van der Waals surface area contributed by atoms with Gasteiger partial charge in [0.15, 0.2) is 17.5 Å². The van der Waals surface area contributed by atoms with Crippen molar-refractivity contribution in [3.63, 3.8) is 0 Å². The summed E-state index contributed by atoms with van der Waals surface area (Å²) in [6, 6.07) is 14.6. The van der Waals surface area contributed by atoms with Gasteiger partial charge in [0.2, 0.25) is 0 Å². The van der Waals surface area contributed by atoms with Crippen molar-refractivity contribution in [3.8, 4) is 0 Å². The molecule has 1 aliphatic heterocycles. The molecule has 4 aliphatic rings. The SMILES string of the molecule is CC(=O)O[C@@]12CO[C@H]1C[C@H](O)[C@@]1(C)C(=O)[C@H](O)C3=C(C)[C@@H](OC(=O)[C@H](O)[C@@H](NC(=O)OC(C)(C)C)c4ccccc4)C[C@](O)([C@@H](OC(=O)c4ccccc4)[C@@H]21)C3(C)C. The van der Waals surface area contributed by atoms with E-state index in [0.29, 0.717) is 5.56 Å². The van der Waals surface area contributed by atoms with Crippen LogP contribution in [0.3, 0.4) is 0 Å². The summed E-state index contributed by atoms with van der Waals surface area (Å²) in [4.78, 5) is 68.9. The topological polar surface area (TPSA) is 224 Å². The lowest BCUT2D eigenvalue weighted by Crippen LogP contribution is -2.81. The summed E-state index contributed by atoms with van der Waals surface area (Å²) in [5.74, 6) is -5.36. The zero-order chi connectivity index (χ0) is 42.7. The summed E-state index contributed by atoms with van der Waals surface area (Å²) in [5.41, 5.74) is -8.14. The number of ketones is 1. The number of alkyl carbamates (subject to hydrolysis) is 1. The second-order valence-corrected chi connectivity index (χ2v) is 17.6. The molecule has 1 amide bonds. The van der Waals surface area contributed by atoms with Gasteiger partial charge >= 0.3 is 24.0 Å². The van der Waals surface area contributed by atoms with Gasteiger partial charge in [-0.2, -0.15) is 0 Å². The van der Waals surface area contributed by atoms with Crippen LogP contribution in [0.15, 0.2) is 71.8 Å². The van der Waals surface area contributed by atoms with Crippen molar-refractivity contribution >= 4 is 29.8 Å². The van der Waals surface area contributed by atoms with Gasteiger partial charge < -0.3 is 49.4 Å². The Balaban J connectivity index is 1.49. The molecule has 2 aromatic carbocycles. The molecule has 1 saturated heterocycles. The minimum absolute atomic E-state index is 0.0637. The van der Waals surface area contributed by atoms with Gasteiger partial charge in [-0.3, -0.25) is 9.59 Å². The van der Waals surface area contributed by atoms with Gasteiger partial charge in [-0.15, -0.1) is 0 Å². The number of Topliss-reactive ketones (excluding diaryl/α,β-unsaturated/α-hetero) is 1. The summed E-state index contributed by atoms with van der Waals surface area (Å²) in [5, 5.41) is 51.6. The monoisotopic (exact) mass is 807 g/mol. The molecule has 15 heteroatoms. The van der Waals surface area contributed by atoms with E-state index in [2.05, 4.69) is 5.32 Å². The molecule has 1 heterocycles. The van der Waals surface area contributed by atoms with Gasteiger partial charge in [-0.25, -0.2) is 14.4 Å². The molecule has 3 fully saturated rings. The summed E-state index contributed by atoms with van der Waals surface area (Å²) in [6.07, 6.45) is -11.5. The number of aliphatic hydroxyl groups is 4. The first-order valence-electron chi connectivity index (χ1n) is 19.3. The van der Waals surface area contributed by atoms with Crippen LogP contribution in [0.1, 0.15) is 90.2 Å². The van der Waals surface area contributed by atoms with Crippen molar-refractivity contribution in [1.29, 1.82) is 0 Å². The first-order chi connectivity index (χ1) is 27.0. The van der Waals surface area contributed by atoms with Gasteiger partial charge in [-0.05, 0) is 63.5 Å². The molecule has 2 bridgehead atoms. The lowest BCUT2D eigenvalue weighted by Gasteiger charge is -2.67. The van der Waals surface area contributed by atoms with Crippen molar-refractivity contribution in [1.82, 2.24) is 5.32 Å². The molecule has 6 rings (SSSR count). The third kappa shape index (κ3) is 7.10. The lowest BCUT2D eigenvalue weighted by atomic mass is 9.44. The van der Waals surface area contributed by atoms with Crippen LogP contribution in [0, 0.1) is 16.7 Å². The molecular weight excluding hydrogens is 754 g/mol. The van der Waals surface area contributed by atoms with Crippen LogP contribution in [-0.4, -0.2) is 110 Å². The standard InChI is InChI=1S/C43H53NO14/c1-22-26(55-37(51)32(48)30(24-15-11-9-12-16-24)44-38(52)58-39(3,4)5)20-43(53)35(56-36(50)25-17-13-10-14-18-25)33-41(8,34(49)31(47)29(22)40(43,6)7)27(46)19-28-42(33,21-54-28)57-23(2)45/h9-18,26-28,30-33,35,46-48,53H,19-21H2,1-8H3,(H,44,52)/t26-,27-,28-,30-,31+,32+,33+,35-,41+,42-,43-/m0/s1. The van der Waals surface area contributed by atoms with E-state index in [1.54, 1.807) is 83.1 Å². The molecule has 11 atom stereocenters. The maximum absolute atomic E-state index is 14.9. The Labute approximate surface area is 336 Å². The predicted molar refractivity (Wildman–Crippen MR) is 204 cm³/mol. The van der Waals surface area contributed by atoms with E-state index in [0.717, 1.165) is 6.92 Å². The van der Waals surface area contributed by atoms with Crippen LogP contribution >= 0.6 is 0 Å². The number of rotatable bonds is 8. The fourth-order valence-corrected chi connectivity index (χ4v) is 9.56. The average molecular weight is 808 g/mol. The Hall–Kier alpha value is -4.67. The van der Waals surface area contributed by atoms with Crippen LogP contribution in [0.2, 0.25) is 0 Å². The predicted octanol–water partition coefficient (Wildman–Crippen LogP) is 3.26. The number of fused-ring (bicyclic) bond motifs is 5. The number of esters is 3. The average Bonchev–Trinajstić information content (AvgIpc) is 3.14. The quantitative estimate of drug-likeness (QED) is 0.147. The molecule has 58 heavy (non-hydrogen) atoms. The highest BCUT2D eigenvalue weighted by molar-refractivity contribution is 5.94. The highest BCUT2D eigenvalue weighted by Crippen LogP contribution is 2.64. The van der Waals surface area contributed by atoms with Crippen LogP contribution in [-0.2, 0) is 38.1 Å². The Bertz CT molecular complexity index is 1980. The zero-order valence-electron chi connectivity index (χ0n) is 33.9. The maximum atomic E-state index is 14.9. The van der Waals surface area contributed by atoms with E-state index in [9.17, 15) is 44.4 Å². The summed E-state index contributed by atoms with van der Waals surface area (Å²) in [7, 11) is 0. The first kappa shape index (κ1) is 42.9. The van der Waals surface area contributed by atoms with E-state index in [-0.39, 0.29) is 29.7 Å². The Morgan fingerprint density at radius 1 is 0.948 bits per heavy atom. The second-order valence-electron chi connectivity index (χ2n) is 17.6. The molecule has 0 aromatic heterocycles. The largest absolute Gasteiger partial charge is 0.456 e. The number of hydrogen-bond donors (Lipinski definition) is 5. The Kier molecular flexibility index (Phi) is 11.2. The molecular formula is C43H53NO14. The minimum Gasteiger partial charge on any atom is -0.456 e. The van der Waals surface area contributed by atoms with Gasteiger partial charge in [0.1, 0.15) is 35.6 Å². The molecule has 5 N–H and O–H groups in total. The zero-order valence-corrected chi connectivity index (χ0v) is 33.9. The summed E-state index contributed by atoms with van der Waals surface area (Å²) >= 11 is 0. The third-order valence-corrected chi connectivity index (χ3v) is 12.6. The number of carbonyl (C=O) groups is 5. The normalized spacial score (nSPS) is 33.7. The van der Waals surface area contributed by atoms with Crippen LogP contribution < -0.4 is 5.32 Å². The van der Waals surface area contributed by atoms with Gasteiger partial charge in [0, 0.05) is 25.2 Å². The van der Waals surface area contributed by atoms with Gasteiger partial charge in [0.05, 0.1) is 35.6 Å². The highest BCUT2D eigenvalue weighted by Gasteiger charge is 2.78. The van der Waals surface area contributed by atoms with E-state index in [1.165, 1.54) is 26.0 Å². The fraction of sp³-hybridized carbons (Fsp3) is 0.558. The number of aliphatic hydroxyl groups excluding tert-OH is 3. The van der Waals surface area contributed by atoms with E-state index < -0.39 is 112 Å². The van der Waals surface area contributed by atoms with Crippen molar-refractivity contribution < 1.29 is 68.1 Å². The maximum Gasteiger partial charge on any atom is 0.408 e. The molecule has 0 spiro atoms. The highest BCUT2D eigenvalue weighted by atomic mass is 16.6. The molecule has 3 aliphatic carbocycles. The number of amides is 1. The number of ether oxygens (including phenoxy) is 5. The fourth-order valence-electron chi connectivity index (χ4n) is 9.56. The van der Waals surface area contributed by atoms with Crippen LogP contribution in [0.5, 0.6) is 0 Å². The second kappa shape index (κ2) is 15.2. The molecule has 314 valence electrons. The van der Waals surface area contributed by atoms with E-state index in [4.69, 9.17) is 23.7 Å². The Morgan fingerprint density at radius 2 is 1.55 bits per heavy atom. The minimum atomic E-state index is -2.35. The number of hydrogen-bond acceptors (Lipinski definition) is 14. The molecule has 2 aromatic rings. The number of nitrogens with one attached hydrogen (secondary N) is 1.